The summed E-state index contributed by atoms with van der Waals surface area (Å²) in [7, 11) is 0. The Morgan fingerprint density at radius 1 is 1.14 bits per heavy atom. The number of hydrogen-bond acceptors (Lipinski definition) is 6. The highest BCUT2D eigenvalue weighted by Crippen LogP contribution is 2.33. The highest BCUT2D eigenvalue weighted by atomic mass is 32.1. The van der Waals surface area contributed by atoms with Crippen LogP contribution in [0.2, 0.25) is 0 Å². The summed E-state index contributed by atoms with van der Waals surface area (Å²) in [6, 6.07) is 8.22. The molecule has 11 heteroatoms. The summed E-state index contributed by atoms with van der Waals surface area (Å²) < 4.78 is 41.9. The topological polar surface area (TPSA) is 84.9 Å². The number of aryl methyl sites for hydroxylation is 2. The first-order chi connectivity index (χ1) is 16.9. The molecule has 0 saturated heterocycles. The molecule has 0 radical (unpaired) electrons. The van der Waals surface area contributed by atoms with E-state index in [0.717, 1.165) is 41.7 Å². The predicted molar refractivity (Wildman–Crippen MR) is 132 cm³/mol. The Bertz CT molecular complexity index is 1320. The lowest BCUT2D eigenvalue weighted by Gasteiger charge is -2.12. The van der Waals surface area contributed by atoms with E-state index in [2.05, 4.69) is 25.3 Å². The van der Waals surface area contributed by atoms with Crippen LogP contribution in [-0.4, -0.2) is 20.7 Å². The van der Waals surface area contributed by atoms with Crippen LogP contribution in [0.5, 0.6) is 0 Å². The number of unbranched alkanes of at least 4 members (excludes halogenated alkanes) is 1. The van der Waals surface area contributed by atoms with Gasteiger partial charge in [-0.25, -0.2) is 4.68 Å². The number of carbonyl (C=O) groups excluding carboxylic acids is 1. The molecular weight excluding hydrogens is 489 g/mol. The van der Waals surface area contributed by atoms with E-state index in [9.17, 15) is 18.0 Å². The zero-order chi connectivity index (χ0) is 26.5. The molecule has 0 saturated carbocycles. The van der Waals surface area contributed by atoms with Crippen molar-refractivity contribution in [3.8, 4) is 0 Å². The summed E-state index contributed by atoms with van der Waals surface area (Å²) in [5.74, 6) is -0.835. The maximum atomic E-state index is 13.4. The molecule has 0 aliphatic carbocycles. The molecule has 0 fully saturated rings. The molecule has 192 valence electrons. The number of pyridine rings is 1. The fourth-order valence-electron chi connectivity index (χ4n) is 3.14. The van der Waals surface area contributed by atoms with Gasteiger partial charge < -0.3 is 0 Å². The number of benzene rings is 1. The number of aromatic nitrogens is 3. The molecule has 3 rings (SSSR count). The normalized spacial score (nSPS) is 13.1. The third-order valence-electron chi connectivity index (χ3n) is 5.09. The van der Waals surface area contributed by atoms with Gasteiger partial charge >= 0.3 is 6.18 Å². The van der Waals surface area contributed by atoms with Gasteiger partial charge in [0.1, 0.15) is 11.6 Å². The molecule has 1 amide bonds. The van der Waals surface area contributed by atoms with Crippen LogP contribution in [0.3, 0.4) is 0 Å². The first kappa shape index (κ1) is 27.4. The minimum atomic E-state index is -4.62. The summed E-state index contributed by atoms with van der Waals surface area (Å²) in [5, 5.41) is 13.5. The molecule has 1 aromatic carbocycles. The van der Waals surface area contributed by atoms with E-state index in [1.807, 2.05) is 46.8 Å². The van der Waals surface area contributed by atoms with E-state index in [-0.39, 0.29) is 23.2 Å². The molecule has 36 heavy (non-hydrogen) atoms. The third kappa shape index (κ3) is 7.16. The molecule has 0 unspecified atom stereocenters. The van der Waals surface area contributed by atoms with E-state index in [0.29, 0.717) is 17.0 Å². The van der Waals surface area contributed by atoms with E-state index in [1.165, 1.54) is 11.3 Å². The van der Waals surface area contributed by atoms with Gasteiger partial charge in [-0.3, -0.25) is 9.78 Å². The van der Waals surface area contributed by atoms with Crippen LogP contribution in [0.25, 0.3) is 0 Å². The molecule has 0 atom stereocenters. The zero-order valence-electron chi connectivity index (χ0n) is 20.9. The van der Waals surface area contributed by atoms with E-state index in [1.54, 1.807) is 10.7 Å². The molecule has 3 aromatic rings. The standard InChI is InChI=1S/C25H29F3N6OS/c1-6-7-13-34-23(36-22(33-34)24(3,4)5)31-21(35)19-14-17(25(26,27)28)11-12-20(19)32-29-15-18-10-8-9-16(2)30-18/h8-12,14H,6-7,13,15H2,1-5H3. The number of amides is 1. The van der Waals surface area contributed by atoms with Crippen molar-refractivity contribution in [1.29, 1.82) is 0 Å². The van der Waals surface area contributed by atoms with Gasteiger partial charge in [0.15, 0.2) is 0 Å². The smallest absolute Gasteiger partial charge is 0.267 e. The molecule has 7 nitrogen and oxygen atoms in total. The van der Waals surface area contributed by atoms with Crippen molar-refractivity contribution in [3.05, 3.63) is 68.7 Å². The number of halogens is 3. The second-order valence-corrected chi connectivity index (χ2v) is 10.3. The molecule has 0 spiro atoms. The quantitative estimate of drug-likeness (QED) is 0.323. The summed E-state index contributed by atoms with van der Waals surface area (Å²) in [6.45, 7) is 10.5. The molecule has 2 heterocycles. The van der Waals surface area contributed by atoms with E-state index < -0.39 is 17.6 Å². The number of nitrogens with zero attached hydrogens (tertiary/aromatic N) is 6. The Labute approximate surface area is 211 Å². The van der Waals surface area contributed by atoms with Crippen molar-refractivity contribution in [1.82, 2.24) is 14.8 Å². The lowest BCUT2D eigenvalue weighted by Crippen LogP contribution is -2.19. The SMILES string of the molecule is CCCCn1nc(C(C)(C)C)sc1=NC(=O)c1cc(C(F)(F)F)ccc1N=NCc1cccc(C)n1. The average molecular weight is 519 g/mol. The number of carbonyl (C=O) groups is 1. The summed E-state index contributed by atoms with van der Waals surface area (Å²) >= 11 is 1.25. The zero-order valence-corrected chi connectivity index (χ0v) is 21.7. The molecule has 0 bridgehead atoms. The van der Waals surface area contributed by atoms with E-state index >= 15 is 0 Å². The van der Waals surface area contributed by atoms with Gasteiger partial charge in [-0.05, 0) is 43.7 Å². The molecule has 2 aromatic heterocycles. The van der Waals surface area contributed by atoms with Crippen molar-refractivity contribution in [2.45, 2.75) is 72.1 Å². The highest BCUT2D eigenvalue weighted by Gasteiger charge is 2.32. The van der Waals surface area contributed by atoms with Crippen molar-refractivity contribution >= 4 is 22.9 Å². The number of rotatable bonds is 7. The second kappa shape index (κ2) is 11.2. The maximum Gasteiger partial charge on any atom is 0.416 e. The second-order valence-electron chi connectivity index (χ2n) is 9.33. The lowest BCUT2D eigenvalue weighted by molar-refractivity contribution is -0.137. The minimum Gasteiger partial charge on any atom is -0.267 e. The first-order valence-corrected chi connectivity index (χ1v) is 12.4. The van der Waals surface area contributed by atoms with Crippen LogP contribution in [0.1, 0.15) is 72.9 Å². The Hall–Kier alpha value is -3.21. The maximum absolute atomic E-state index is 13.4. The Morgan fingerprint density at radius 3 is 2.53 bits per heavy atom. The Morgan fingerprint density at radius 2 is 1.89 bits per heavy atom. The summed E-state index contributed by atoms with van der Waals surface area (Å²) in [4.78, 5) is 22.0. The molecule has 0 N–H and O–H groups in total. The number of azo groups is 1. The van der Waals surface area contributed by atoms with Gasteiger partial charge in [-0.1, -0.05) is 51.5 Å². The van der Waals surface area contributed by atoms with Crippen LogP contribution in [0.15, 0.2) is 51.6 Å². The molecule has 0 aliphatic rings. The van der Waals surface area contributed by atoms with Crippen molar-refractivity contribution < 1.29 is 18.0 Å². The largest absolute Gasteiger partial charge is 0.416 e. The van der Waals surface area contributed by atoms with Crippen molar-refractivity contribution in [2.24, 2.45) is 15.2 Å². The Kier molecular flexibility index (Phi) is 8.55. The lowest BCUT2D eigenvalue weighted by atomic mass is 9.98. The van der Waals surface area contributed by atoms with Gasteiger partial charge in [0.2, 0.25) is 4.80 Å². The van der Waals surface area contributed by atoms with Crippen molar-refractivity contribution in [2.75, 3.05) is 0 Å². The first-order valence-electron chi connectivity index (χ1n) is 11.6. The number of alkyl halides is 3. The highest BCUT2D eigenvalue weighted by molar-refractivity contribution is 7.09. The van der Waals surface area contributed by atoms with Crippen LogP contribution in [-0.2, 0) is 24.7 Å². The van der Waals surface area contributed by atoms with Crippen LogP contribution >= 0.6 is 11.3 Å². The fourth-order valence-corrected chi connectivity index (χ4v) is 4.12. The molecular formula is C25H29F3N6OS. The van der Waals surface area contributed by atoms with Gasteiger partial charge in [0, 0.05) is 17.7 Å². The monoisotopic (exact) mass is 518 g/mol. The van der Waals surface area contributed by atoms with Crippen LogP contribution in [0, 0.1) is 6.92 Å². The van der Waals surface area contributed by atoms with Gasteiger partial charge in [-0.15, -0.1) is 0 Å². The van der Waals surface area contributed by atoms with Crippen LogP contribution in [0.4, 0.5) is 18.9 Å². The molecule has 0 aliphatic heterocycles. The van der Waals surface area contributed by atoms with Gasteiger partial charge in [0.05, 0.1) is 22.5 Å². The predicted octanol–water partition coefficient (Wildman–Crippen LogP) is 6.79. The number of hydrogen-bond donors (Lipinski definition) is 0. The van der Waals surface area contributed by atoms with Gasteiger partial charge in [-0.2, -0.15) is 33.5 Å². The van der Waals surface area contributed by atoms with Crippen molar-refractivity contribution in [3.63, 3.8) is 0 Å². The average Bonchev–Trinajstić information content (AvgIpc) is 3.20. The summed E-state index contributed by atoms with van der Waals surface area (Å²) in [6.07, 6.45) is -2.89. The van der Waals surface area contributed by atoms with Crippen LogP contribution < -0.4 is 4.80 Å². The Balaban J connectivity index is 2.03. The minimum absolute atomic E-state index is 0.00470. The van der Waals surface area contributed by atoms with Gasteiger partial charge in [0.25, 0.3) is 5.91 Å². The summed E-state index contributed by atoms with van der Waals surface area (Å²) in [5.41, 5.74) is -0.0426. The van der Waals surface area contributed by atoms with E-state index in [4.69, 9.17) is 0 Å². The fraction of sp³-hybridized carbons (Fsp3) is 0.440. The third-order valence-corrected chi connectivity index (χ3v) is 6.47.